The third-order valence-electron chi connectivity index (χ3n) is 4.55. The van der Waals surface area contributed by atoms with E-state index in [9.17, 15) is 15.0 Å². The van der Waals surface area contributed by atoms with Crippen molar-refractivity contribution in [3.8, 4) is 11.6 Å². The van der Waals surface area contributed by atoms with Crippen molar-refractivity contribution in [3.63, 3.8) is 0 Å². The molecule has 4 rings (SSSR count). The van der Waals surface area contributed by atoms with Crippen LogP contribution in [0.5, 0.6) is 5.88 Å². The van der Waals surface area contributed by atoms with Gasteiger partial charge in [-0.05, 0) is 31.2 Å². The SMILES string of the molecule is Cc1nn(-c2ccccc2)c(O)c1/C=N/N1C(=O)c2ccccc2NC1CO. The van der Waals surface area contributed by atoms with Crippen LogP contribution < -0.4 is 5.32 Å². The minimum atomic E-state index is -0.703. The number of aromatic hydroxyl groups is 1. The topological polar surface area (TPSA) is 103 Å². The number of aliphatic hydroxyl groups excluding tert-OH is 1. The monoisotopic (exact) mass is 377 g/mol. The summed E-state index contributed by atoms with van der Waals surface area (Å²) in [5.41, 5.74) is 2.77. The van der Waals surface area contributed by atoms with Crippen LogP contribution in [0.3, 0.4) is 0 Å². The molecule has 1 atom stereocenters. The number of amides is 1. The summed E-state index contributed by atoms with van der Waals surface area (Å²) in [7, 11) is 0. The number of hydrogen-bond acceptors (Lipinski definition) is 6. The molecule has 8 nitrogen and oxygen atoms in total. The quantitative estimate of drug-likeness (QED) is 0.604. The first kappa shape index (κ1) is 17.7. The molecule has 0 spiro atoms. The van der Waals surface area contributed by atoms with E-state index in [1.807, 2.05) is 36.4 Å². The number of anilines is 1. The van der Waals surface area contributed by atoms with Crippen LogP contribution in [0.15, 0.2) is 59.7 Å². The van der Waals surface area contributed by atoms with Crippen LogP contribution in [0.2, 0.25) is 0 Å². The summed E-state index contributed by atoms with van der Waals surface area (Å²) in [6.45, 7) is 1.43. The van der Waals surface area contributed by atoms with Crippen molar-refractivity contribution in [1.29, 1.82) is 0 Å². The van der Waals surface area contributed by atoms with Gasteiger partial charge in [-0.15, -0.1) is 0 Å². The molecular formula is C20H19N5O3. The Bertz CT molecular complexity index is 1050. The van der Waals surface area contributed by atoms with Crippen LogP contribution in [0, 0.1) is 6.92 Å². The average molecular weight is 377 g/mol. The summed E-state index contributed by atoms with van der Waals surface area (Å²) in [5, 5.41) is 33.1. The molecule has 2 aromatic carbocycles. The smallest absolute Gasteiger partial charge is 0.278 e. The molecule has 0 saturated carbocycles. The molecule has 3 N–H and O–H groups in total. The lowest BCUT2D eigenvalue weighted by Gasteiger charge is -2.33. The Morgan fingerprint density at radius 2 is 1.89 bits per heavy atom. The predicted molar refractivity (Wildman–Crippen MR) is 105 cm³/mol. The highest BCUT2D eigenvalue weighted by Gasteiger charge is 2.31. The van der Waals surface area contributed by atoms with E-state index >= 15 is 0 Å². The number of aromatic nitrogens is 2. The van der Waals surface area contributed by atoms with Gasteiger partial charge in [0.2, 0.25) is 5.88 Å². The molecule has 142 valence electrons. The van der Waals surface area contributed by atoms with E-state index in [4.69, 9.17) is 0 Å². The van der Waals surface area contributed by atoms with Gasteiger partial charge in [0.05, 0.1) is 35.3 Å². The van der Waals surface area contributed by atoms with Gasteiger partial charge >= 0.3 is 0 Å². The Hall–Kier alpha value is -3.65. The van der Waals surface area contributed by atoms with Crippen LogP contribution in [0.1, 0.15) is 21.6 Å². The van der Waals surface area contributed by atoms with Crippen LogP contribution >= 0.6 is 0 Å². The van der Waals surface area contributed by atoms with Gasteiger partial charge in [-0.1, -0.05) is 30.3 Å². The maximum Gasteiger partial charge on any atom is 0.278 e. The fraction of sp³-hybridized carbons (Fsp3) is 0.150. The largest absolute Gasteiger partial charge is 0.493 e. The van der Waals surface area contributed by atoms with Crippen molar-refractivity contribution in [2.75, 3.05) is 11.9 Å². The molecule has 0 radical (unpaired) electrons. The zero-order valence-electron chi connectivity index (χ0n) is 15.1. The zero-order valence-corrected chi connectivity index (χ0v) is 15.1. The first-order valence-corrected chi connectivity index (χ1v) is 8.78. The minimum absolute atomic E-state index is 0.0779. The number of benzene rings is 2. The molecular weight excluding hydrogens is 358 g/mol. The lowest BCUT2D eigenvalue weighted by Crippen LogP contribution is -2.47. The Morgan fingerprint density at radius 1 is 1.18 bits per heavy atom. The van der Waals surface area contributed by atoms with Gasteiger partial charge in [0, 0.05) is 5.69 Å². The number of hydrogen-bond donors (Lipinski definition) is 3. The second-order valence-electron chi connectivity index (χ2n) is 6.35. The lowest BCUT2D eigenvalue weighted by molar-refractivity contribution is 0.0621. The number of carbonyl (C=O) groups excluding carboxylic acids is 1. The number of hydrazone groups is 1. The standard InChI is InChI=1S/C20H19N5O3/c1-13-16(20(28)24(23-13)14-7-3-2-4-8-14)11-21-25-18(12-26)22-17-10-6-5-9-15(17)19(25)27/h2-11,18,22,26,28H,12H2,1H3/b21-11+. The lowest BCUT2D eigenvalue weighted by atomic mass is 10.1. The summed E-state index contributed by atoms with van der Waals surface area (Å²) in [6, 6.07) is 16.3. The Morgan fingerprint density at radius 3 is 2.64 bits per heavy atom. The first-order chi connectivity index (χ1) is 13.6. The van der Waals surface area contributed by atoms with Gasteiger partial charge < -0.3 is 15.5 Å². The second-order valence-corrected chi connectivity index (χ2v) is 6.35. The maximum atomic E-state index is 12.8. The summed E-state index contributed by atoms with van der Waals surface area (Å²) in [6.07, 6.45) is 0.679. The Kier molecular flexibility index (Phi) is 4.54. The summed E-state index contributed by atoms with van der Waals surface area (Å²) in [5.74, 6) is -0.414. The first-order valence-electron chi connectivity index (χ1n) is 8.78. The van der Waals surface area contributed by atoms with Gasteiger partial charge in [0.25, 0.3) is 5.91 Å². The molecule has 3 aromatic rings. The number of nitrogens with zero attached hydrogens (tertiary/aromatic N) is 4. The van der Waals surface area contributed by atoms with Crippen LogP contribution in [-0.2, 0) is 0 Å². The molecule has 0 aliphatic carbocycles. The Balaban J connectivity index is 1.68. The molecule has 1 amide bonds. The van der Waals surface area contributed by atoms with Crippen molar-refractivity contribution in [2.24, 2.45) is 5.10 Å². The predicted octanol–water partition coefficient (Wildman–Crippen LogP) is 2.11. The molecule has 0 bridgehead atoms. The second kappa shape index (κ2) is 7.16. The fourth-order valence-corrected chi connectivity index (χ4v) is 3.10. The molecule has 0 saturated heterocycles. The molecule has 1 aliphatic heterocycles. The van der Waals surface area contributed by atoms with E-state index in [1.54, 1.807) is 25.1 Å². The van der Waals surface area contributed by atoms with Crippen LogP contribution in [-0.4, -0.2) is 49.9 Å². The number of aryl methyl sites for hydroxylation is 1. The van der Waals surface area contributed by atoms with Crippen molar-refractivity contribution in [3.05, 3.63) is 71.4 Å². The zero-order chi connectivity index (χ0) is 19.7. The number of carbonyl (C=O) groups is 1. The molecule has 1 aliphatic rings. The fourth-order valence-electron chi connectivity index (χ4n) is 3.10. The van der Waals surface area contributed by atoms with Gasteiger partial charge in [-0.3, -0.25) is 4.79 Å². The van der Waals surface area contributed by atoms with Crippen molar-refractivity contribution < 1.29 is 15.0 Å². The van der Waals surface area contributed by atoms with Gasteiger partial charge in [0.15, 0.2) is 0 Å². The van der Waals surface area contributed by atoms with Crippen molar-refractivity contribution >= 4 is 17.8 Å². The molecule has 28 heavy (non-hydrogen) atoms. The number of aliphatic hydroxyl groups is 1. The Labute approximate surface area is 161 Å². The maximum absolute atomic E-state index is 12.8. The number of nitrogens with one attached hydrogen (secondary N) is 1. The van der Waals surface area contributed by atoms with E-state index in [-0.39, 0.29) is 18.4 Å². The highest BCUT2D eigenvalue weighted by Crippen LogP contribution is 2.26. The normalized spacial score (nSPS) is 16.3. The van der Waals surface area contributed by atoms with Crippen LogP contribution in [0.4, 0.5) is 5.69 Å². The number of fused-ring (bicyclic) bond motifs is 1. The third-order valence-corrected chi connectivity index (χ3v) is 4.55. The average Bonchev–Trinajstić information content (AvgIpc) is 3.01. The van der Waals surface area contributed by atoms with Crippen molar-refractivity contribution in [1.82, 2.24) is 14.8 Å². The summed E-state index contributed by atoms with van der Waals surface area (Å²) in [4.78, 5) is 12.8. The van der Waals surface area contributed by atoms with E-state index in [0.717, 1.165) is 0 Å². The van der Waals surface area contributed by atoms with Gasteiger partial charge in [-0.2, -0.15) is 10.2 Å². The highest BCUT2D eigenvalue weighted by molar-refractivity contribution is 6.02. The van der Waals surface area contributed by atoms with Gasteiger partial charge in [0.1, 0.15) is 6.17 Å². The minimum Gasteiger partial charge on any atom is -0.493 e. The summed E-state index contributed by atoms with van der Waals surface area (Å²) >= 11 is 0. The number of rotatable bonds is 4. The molecule has 2 heterocycles. The molecule has 1 unspecified atom stereocenters. The van der Waals surface area contributed by atoms with Gasteiger partial charge in [-0.25, -0.2) is 9.69 Å². The van der Waals surface area contributed by atoms with E-state index in [1.165, 1.54) is 15.9 Å². The molecule has 8 heteroatoms. The summed E-state index contributed by atoms with van der Waals surface area (Å²) < 4.78 is 1.41. The van der Waals surface area contributed by atoms with E-state index < -0.39 is 6.17 Å². The van der Waals surface area contributed by atoms with E-state index in [2.05, 4.69) is 15.5 Å². The highest BCUT2D eigenvalue weighted by atomic mass is 16.3. The molecule has 0 fully saturated rings. The van der Waals surface area contributed by atoms with Crippen molar-refractivity contribution in [2.45, 2.75) is 13.1 Å². The number of para-hydroxylation sites is 2. The molecule has 1 aromatic heterocycles. The van der Waals surface area contributed by atoms with Crippen LogP contribution in [0.25, 0.3) is 5.69 Å². The third kappa shape index (κ3) is 2.99. The van der Waals surface area contributed by atoms with E-state index in [0.29, 0.717) is 28.2 Å².